The van der Waals surface area contributed by atoms with E-state index in [0.29, 0.717) is 10.7 Å². The molecule has 0 aliphatic carbocycles. The fraction of sp³-hybridized carbons (Fsp3) is 0.526. The first-order valence-electron chi connectivity index (χ1n) is 9.13. The van der Waals surface area contributed by atoms with Crippen molar-refractivity contribution in [2.75, 3.05) is 25.1 Å². The van der Waals surface area contributed by atoms with Crippen molar-refractivity contribution < 1.29 is 24.2 Å². The predicted octanol–water partition coefficient (Wildman–Crippen LogP) is 3.50. The molecule has 2 aromatic rings. The first kappa shape index (κ1) is 20.2. The zero-order chi connectivity index (χ0) is 20.5. The standard InChI is InChI=1S/C19H25N3O5S/c1-19(2,3)27-17(25)20-11-7-9-22(10-8-11)13-6-5-12(16(23)24)14-15(13)28-18(21-14)26-4/h5-6,11H,7-10H2,1-4H3,(H,20,25)(H,23,24). The molecule has 1 aromatic carbocycles. The van der Waals surface area contributed by atoms with Crippen LogP contribution in [0.25, 0.3) is 10.2 Å². The highest BCUT2D eigenvalue weighted by atomic mass is 32.1. The molecule has 2 heterocycles. The first-order valence-corrected chi connectivity index (χ1v) is 9.95. The first-order chi connectivity index (χ1) is 13.2. The molecule has 8 nitrogen and oxygen atoms in total. The molecule has 1 aliphatic heterocycles. The lowest BCUT2D eigenvalue weighted by atomic mass is 10.0. The number of rotatable bonds is 4. The van der Waals surface area contributed by atoms with Crippen LogP contribution in [0, 0.1) is 0 Å². The Kier molecular flexibility index (Phi) is 5.64. The number of carboxylic acids is 1. The van der Waals surface area contributed by atoms with Gasteiger partial charge < -0.3 is 24.8 Å². The maximum absolute atomic E-state index is 12.0. The average Bonchev–Trinajstić information content (AvgIpc) is 3.04. The molecule has 9 heteroatoms. The monoisotopic (exact) mass is 407 g/mol. The SMILES string of the molecule is COc1nc2c(C(=O)O)ccc(N3CCC(NC(=O)OC(C)(C)C)CC3)c2s1. The third kappa shape index (κ3) is 4.46. The van der Waals surface area contributed by atoms with Crippen LogP contribution in [0.4, 0.5) is 10.5 Å². The van der Waals surface area contributed by atoms with Gasteiger partial charge in [-0.2, -0.15) is 0 Å². The second kappa shape index (κ2) is 7.83. The van der Waals surface area contributed by atoms with Crippen LogP contribution >= 0.6 is 11.3 Å². The molecule has 1 aliphatic rings. The highest BCUT2D eigenvalue weighted by molar-refractivity contribution is 7.20. The lowest BCUT2D eigenvalue weighted by Crippen LogP contribution is -2.46. The average molecular weight is 407 g/mol. The van der Waals surface area contributed by atoms with E-state index in [1.165, 1.54) is 18.4 Å². The number of aromatic nitrogens is 1. The smallest absolute Gasteiger partial charge is 0.407 e. The quantitative estimate of drug-likeness (QED) is 0.800. The number of fused-ring (bicyclic) bond motifs is 1. The molecule has 3 rings (SSSR count). The number of ether oxygens (including phenoxy) is 2. The summed E-state index contributed by atoms with van der Waals surface area (Å²) in [5.41, 5.74) is 1.03. The number of methoxy groups -OCH3 is 1. The van der Waals surface area contributed by atoms with Gasteiger partial charge in [0.1, 0.15) is 11.1 Å². The predicted molar refractivity (Wildman–Crippen MR) is 108 cm³/mol. The summed E-state index contributed by atoms with van der Waals surface area (Å²) in [6, 6.07) is 3.46. The molecule has 1 fully saturated rings. The molecule has 0 atom stereocenters. The highest BCUT2D eigenvalue weighted by Gasteiger charge is 2.26. The van der Waals surface area contributed by atoms with Gasteiger partial charge in [-0.3, -0.25) is 0 Å². The summed E-state index contributed by atoms with van der Waals surface area (Å²) in [4.78, 5) is 30.0. The normalized spacial score (nSPS) is 15.5. The lowest BCUT2D eigenvalue weighted by molar-refractivity contribution is 0.0496. The number of hydrogen-bond donors (Lipinski definition) is 2. The van der Waals surface area contributed by atoms with Crippen LogP contribution in [-0.4, -0.2) is 54.0 Å². The van der Waals surface area contributed by atoms with Crippen LogP contribution in [-0.2, 0) is 4.74 Å². The number of hydrogen-bond acceptors (Lipinski definition) is 7. The Hall–Kier alpha value is -2.55. The fourth-order valence-electron chi connectivity index (χ4n) is 3.22. The maximum atomic E-state index is 12.0. The Bertz CT molecular complexity index is 882. The fourth-order valence-corrected chi connectivity index (χ4v) is 4.17. The van der Waals surface area contributed by atoms with E-state index < -0.39 is 17.7 Å². The van der Waals surface area contributed by atoms with Gasteiger partial charge in [-0.05, 0) is 45.7 Å². The minimum Gasteiger partial charge on any atom is -0.478 e. The second-order valence-electron chi connectivity index (χ2n) is 7.71. The number of piperidine rings is 1. The van der Waals surface area contributed by atoms with Crippen LogP contribution in [0.2, 0.25) is 0 Å². The van der Waals surface area contributed by atoms with Gasteiger partial charge in [-0.1, -0.05) is 11.3 Å². The molecular formula is C19H25N3O5S. The number of carboxylic acid groups (broad SMARTS) is 1. The number of thiazole rings is 1. The largest absolute Gasteiger partial charge is 0.478 e. The van der Waals surface area contributed by atoms with E-state index in [-0.39, 0.29) is 11.6 Å². The van der Waals surface area contributed by atoms with Gasteiger partial charge >= 0.3 is 12.1 Å². The van der Waals surface area contributed by atoms with Gasteiger partial charge in [0.2, 0.25) is 0 Å². The summed E-state index contributed by atoms with van der Waals surface area (Å²) >= 11 is 1.34. The minimum atomic E-state index is -1.01. The van der Waals surface area contributed by atoms with E-state index in [0.717, 1.165) is 36.3 Å². The number of amides is 1. The van der Waals surface area contributed by atoms with Crippen LogP contribution < -0.4 is 15.0 Å². The van der Waals surface area contributed by atoms with Crippen molar-refractivity contribution in [3.63, 3.8) is 0 Å². The van der Waals surface area contributed by atoms with Crippen molar-refractivity contribution in [3.05, 3.63) is 17.7 Å². The summed E-state index contributed by atoms with van der Waals surface area (Å²) in [5.74, 6) is -1.01. The van der Waals surface area contributed by atoms with Gasteiger partial charge in [0, 0.05) is 19.1 Å². The zero-order valence-electron chi connectivity index (χ0n) is 16.4. The Morgan fingerprint density at radius 1 is 1.29 bits per heavy atom. The highest BCUT2D eigenvalue weighted by Crippen LogP contribution is 2.38. The van der Waals surface area contributed by atoms with Crippen molar-refractivity contribution >= 4 is 39.3 Å². The second-order valence-corrected chi connectivity index (χ2v) is 8.67. The van der Waals surface area contributed by atoms with Gasteiger partial charge in [-0.25, -0.2) is 14.6 Å². The molecule has 0 unspecified atom stereocenters. The molecule has 28 heavy (non-hydrogen) atoms. The van der Waals surface area contributed by atoms with Gasteiger partial charge in [-0.15, -0.1) is 0 Å². The lowest BCUT2D eigenvalue weighted by Gasteiger charge is -2.34. The summed E-state index contributed by atoms with van der Waals surface area (Å²) in [6.07, 6.45) is 1.15. The van der Waals surface area contributed by atoms with Gasteiger partial charge in [0.15, 0.2) is 0 Å². The van der Waals surface area contributed by atoms with E-state index in [1.54, 1.807) is 6.07 Å². The Labute approximate surface area is 167 Å². The molecule has 0 spiro atoms. The number of nitrogens with one attached hydrogen (secondary N) is 1. The number of aromatic carboxylic acids is 1. The molecule has 0 saturated carbocycles. The third-order valence-corrected chi connectivity index (χ3v) is 5.50. The van der Waals surface area contributed by atoms with Crippen LogP contribution in [0.15, 0.2) is 12.1 Å². The van der Waals surface area contributed by atoms with E-state index in [4.69, 9.17) is 9.47 Å². The minimum absolute atomic E-state index is 0.0517. The molecule has 1 saturated heterocycles. The maximum Gasteiger partial charge on any atom is 0.407 e. The van der Waals surface area contributed by atoms with Crippen molar-refractivity contribution in [2.24, 2.45) is 0 Å². The molecule has 152 valence electrons. The number of carbonyl (C=O) groups excluding carboxylic acids is 1. The summed E-state index contributed by atoms with van der Waals surface area (Å²) in [5, 5.41) is 12.8. The Balaban J connectivity index is 1.73. The Morgan fingerprint density at radius 3 is 2.54 bits per heavy atom. The summed E-state index contributed by atoms with van der Waals surface area (Å²) < 4.78 is 11.3. The topological polar surface area (TPSA) is 101 Å². The number of anilines is 1. The number of benzene rings is 1. The van der Waals surface area contributed by atoms with Crippen molar-refractivity contribution in [2.45, 2.75) is 45.3 Å². The molecule has 1 amide bonds. The summed E-state index contributed by atoms with van der Waals surface area (Å²) in [6.45, 7) is 6.99. The molecule has 0 bridgehead atoms. The van der Waals surface area contributed by atoms with Crippen molar-refractivity contribution in [1.82, 2.24) is 10.3 Å². The Morgan fingerprint density at radius 2 is 1.96 bits per heavy atom. The van der Waals surface area contributed by atoms with Crippen LogP contribution in [0.5, 0.6) is 5.19 Å². The van der Waals surface area contributed by atoms with E-state index in [1.807, 2.05) is 26.8 Å². The molecule has 1 aromatic heterocycles. The number of carbonyl (C=O) groups is 2. The van der Waals surface area contributed by atoms with E-state index in [2.05, 4.69) is 15.2 Å². The van der Waals surface area contributed by atoms with E-state index in [9.17, 15) is 14.7 Å². The zero-order valence-corrected chi connectivity index (χ0v) is 17.3. The number of alkyl carbamates (subject to hydrolysis) is 1. The molecular weight excluding hydrogens is 382 g/mol. The molecule has 2 N–H and O–H groups in total. The molecule has 0 radical (unpaired) electrons. The van der Waals surface area contributed by atoms with E-state index >= 15 is 0 Å². The van der Waals surface area contributed by atoms with Crippen LogP contribution in [0.3, 0.4) is 0 Å². The van der Waals surface area contributed by atoms with Gasteiger partial charge in [0.25, 0.3) is 5.19 Å². The van der Waals surface area contributed by atoms with Crippen LogP contribution in [0.1, 0.15) is 44.0 Å². The number of nitrogens with zero attached hydrogens (tertiary/aromatic N) is 2. The van der Waals surface area contributed by atoms with Crippen molar-refractivity contribution in [3.8, 4) is 5.19 Å². The van der Waals surface area contributed by atoms with Crippen molar-refractivity contribution in [1.29, 1.82) is 0 Å². The summed E-state index contributed by atoms with van der Waals surface area (Å²) in [7, 11) is 1.52. The third-order valence-electron chi connectivity index (χ3n) is 4.46. The van der Waals surface area contributed by atoms with Gasteiger partial charge in [0.05, 0.1) is 23.1 Å².